The molecule has 1 aliphatic heterocycles. The maximum atomic E-state index is 13.8. The van der Waals surface area contributed by atoms with Crippen LogP contribution < -0.4 is 5.32 Å². The summed E-state index contributed by atoms with van der Waals surface area (Å²) in [6.07, 6.45) is -0.0263. The number of para-hydroxylation sites is 1. The zero-order valence-electron chi connectivity index (χ0n) is 23.1. The number of carbonyl (C=O) groups is 1. The molecule has 1 aliphatic rings. The van der Waals surface area contributed by atoms with Crippen LogP contribution in [0.4, 0.5) is 23.7 Å². The normalized spacial score (nSPS) is 15.1. The largest absolute Gasteiger partial charge is 0.416 e. The van der Waals surface area contributed by atoms with Gasteiger partial charge in [-0.2, -0.15) is 18.4 Å². The van der Waals surface area contributed by atoms with Gasteiger partial charge in [0.2, 0.25) is 0 Å². The maximum Gasteiger partial charge on any atom is 0.416 e. The lowest BCUT2D eigenvalue weighted by Crippen LogP contribution is -2.49. The molecule has 5 rings (SSSR count). The topological polar surface area (TPSA) is 88.1 Å². The molecule has 0 bridgehead atoms. The first-order chi connectivity index (χ1) is 20.2. The first kappa shape index (κ1) is 28.9. The first-order valence-corrected chi connectivity index (χ1v) is 13.7. The third kappa shape index (κ3) is 6.64. The number of imidazole rings is 1. The molecule has 42 heavy (non-hydrogen) atoms. The van der Waals surface area contributed by atoms with Crippen LogP contribution in [0.3, 0.4) is 0 Å². The highest BCUT2D eigenvalue weighted by atomic mass is 19.4. The molecule has 2 amide bonds. The number of alkyl halides is 3. The molecule has 1 aromatic heterocycles. The molecule has 0 radical (unpaired) electrons. The van der Waals surface area contributed by atoms with Crippen LogP contribution in [0.5, 0.6) is 0 Å². The highest BCUT2D eigenvalue weighted by molar-refractivity contribution is 5.89. The Balaban J connectivity index is 1.38. The molecule has 216 valence electrons. The summed E-state index contributed by atoms with van der Waals surface area (Å²) in [7, 11) is 0. The van der Waals surface area contributed by atoms with Crippen LogP contribution in [0.15, 0.2) is 85.3 Å². The van der Waals surface area contributed by atoms with E-state index in [0.717, 1.165) is 5.56 Å². The van der Waals surface area contributed by atoms with Crippen molar-refractivity contribution < 1.29 is 18.0 Å². The number of hydrogen-bond acceptors (Lipinski definition) is 4. The Labute approximate surface area is 242 Å². The molecule has 2 heterocycles. The second kappa shape index (κ2) is 12.5. The van der Waals surface area contributed by atoms with Crippen LogP contribution in [-0.4, -0.2) is 44.9 Å². The molecule has 7 nitrogen and oxygen atoms in total. The number of carbonyl (C=O) groups excluding carboxylic acids is 1. The highest BCUT2D eigenvalue weighted by Crippen LogP contribution is 2.37. The average molecular weight is 573 g/mol. The summed E-state index contributed by atoms with van der Waals surface area (Å²) in [6, 6.07) is 22.2. The third-order valence-corrected chi connectivity index (χ3v) is 7.72. The SMILES string of the molecule is Cc1ccc(C(c2cnc[nH]2)N2CCC(N(Cc3ccc(C#N)cc3)C(=O)Nc3ccccc3)CC2)cc1C(F)(F)F. The number of H-pyrrole nitrogens is 1. The van der Waals surface area contributed by atoms with Gasteiger partial charge in [0.05, 0.1) is 35.3 Å². The van der Waals surface area contributed by atoms with Crippen molar-refractivity contribution in [3.8, 4) is 6.07 Å². The zero-order valence-corrected chi connectivity index (χ0v) is 23.1. The number of anilines is 1. The minimum Gasteiger partial charge on any atom is -0.347 e. The number of aromatic amines is 1. The number of hydrogen-bond donors (Lipinski definition) is 2. The summed E-state index contributed by atoms with van der Waals surface area (Å²) < 4.78 is 41.3. The number of amides is 2. The van der Waals surface area contributed by atoms with E-state index in [2.05, 4.69) is 26.3 Å². The van der Waals surface area contributed by atoms with Gasteiger partial charge in [0.1, 0.15) is 0 Å². The average Bonchev–Trinajstić information content (AvgIpc) is 3.52. The molecule has 0 aliphatic carbocycles. The predicted molar refractivity (Wildman–Crippen MR) is 153 cm³/mol. The van der Waals surface area contributed by atoms with Crippen molar-refractivity contribution >= 4 is 11.7 Å². The van der Waals surface area contributed by atoms with Crippen LogP contribution in [0, 0.1) is 18.3 Å². The second-order valence-corrected chi connectivity index (χ2v) is 10.5. The number of halogens is 3. The molecule has 10 heteroatoms. The highest BCUT2D eigenvalue weighted by Gasteiger charge is 2.36. The van der Waals surface area contributed by atoms with E-state index < -0.39 is 17.8 Å². The number of nitrogens with one attached hydrogen (secondary N) is 2. The fourth-order valence-electron chi connectivity index (χ4n) is 5.54. The van der Waals surface area contributed by atoms with Crippen LogP contribution in [0.25, 0.3) is 0 Å². The molecule has 3 aromatic carbocycles. The van der Waals surface area contributed by atoms with Gasteiger partial charge in [0.15, 0.2) is 0 Å². The molecule has 2 N–H and O–H groups in total. The van der Waals surface area contributed by atoms with Crippen molar-refractivity contribution in [2.75, 3.05) is 18.4 Å². The number of nitriles is 1. The monoisotopic (exact) mass is 572 g/mol. The van der Waals surface area contributed by atoms with Crippen LogP contribution in [0.1, 0.15) is 52.4 Å². The van der Waals surface area contributed by atoms with Crippen molar-refractivity contribution in [3.63, 3.8) is 0 Å². The number of likely N-dealkylation sites (tertiary alicyclic amines) is 1. The lowest BCUT2D eigenvalue weighted by molar-refractivity contribution is -0.138. The van der Waals surface area contributed by atoms with E-state index in [9.17, 15) is 18.0 Å². The standard InChI is InChI=1S/C32H31F3N6O/c1-22-7-12-25(17-28(22)32(33,34)35)30(29-19-37-21-38-29)40-15-13-27(14-16-40)41(20-24-10-8-23(18-36)9-11-24)31(42)39-26-5-3-2-4-6-26/h2-12,17,19,21,27,30H,13-16,20H2,1H3,(H,37,38)(H,39,42). The molecule has 1 atom stereocenters. The number of aryl methyl sites for hydroxylation is 1. The van der Waals surface area contributed by atoms with Gasteiger partial charge in [-0.25, -0.2) is 9.78 Å². The Bertz CT molecular complexity index is 1520. The van der Waals surface area contributed by atoms with E-state index in [1.807, 2.05) is 47.4 Å². The number of rotatable bonds is 7. The smallest absolute Gasteiger partial charge is 0.347 e. The van der Waals surface area contributed by atoms with E-state index in [0.29, 0.717) is 55.0 Å². The third-order valence-electron chi connectivity index (χ3n) is 7.72. The van der Waals surface area contributed by atoms with Crippen LogP contribution >= 0.6 is 0 Å². The molecule has 0 saturated carbocycles. The van der Waals surface area contributed by atoms with Gasteiger partial charge in [0.25, 0.3) is 0 Å². The van der Waals surface area contributed by atoms with Gasteiger partial charge in [-0.15, -0.1) is 0 Å². The lowest BCUT2D eigenvalue weighted by atomic mass is 9.94. The summed E-state index contributed by atoms with van der Waals surface area (Å²) >= 11 is 0. The Morgan fingerprint density at radius 3 is 2.45 bits per heavy atom. The molecule has 0 spiro atoms. The van der Waals surface area contributed by atoms with E-state index in [-0.39, 0.29) is 17.6 Å². The van der Waals surface area contributed by atoms with Gasteiger partial charge in [-0.3, -0.25) is 4.90 Å². The summed E-state index contributed by atoms with van der Waals surface area (Å²) in [4.78, 5) is 24.7. The van der Waals surface area contributed by atoms with Crippen molar-refractivity contribution in [1.29, 1.82) is 5.26 Å². The minimum atomic E-state index is -4.45. The Kier molecular flexibility index (Phi) is 8.59. The van der Waals surface area contributed by atoms with Crippen molar-refractivity contribution in [1.82, 2.24) is 19.8 Å². The van der Waals surface area contributed by atoms with E-state index in [1.54, 1.807) is 24.4 Å². The molecular formula is C32H31F3N6O. The fraction of sp³-hybridized carbons (Fsp3) is 0.281. The zero-order chi connectivity index (χ0) is 29.7. The van der Waals surface area contributed by atoms with Crippen LogP contribution in [0.2, 0.25) is 0 Å². The summed E-state index contributed by atoms with van der Waals surface area (Å²) in [5.74, 6) is 0. The number of urea groups is 1. The van der Waals surface area contributed by atoms with Gasteiger partial charge in [-0.1, -0.05) is 42.5 Å². The number of piperidine rings is 1. The predicted octanol–water partition coefficient (Wildman–Crippen LogP) is 6.90. The lowest BCUT2D eigenvalue weighted by Gasteiger charge is -2.41. The quantitative estimate of drug-likeness (QED) is 0.252. The van der Waals surface area contributed by atoms with Crippen molar-refractivity contribution in [3.05, 3.63) is 119 Å². The van der Waals surface area contributed by atoms with Gasteiger partial charge < -0.3 is 15.2 Å². The summed E-state index contributed by atoms with van der Waals surface area (Å²) in [6.45, 7) is 2.94. The Hall–Kier alpha value is -4.62. The Morgan fingerprint density at radius 2 is 1.83 bits per heavy atom. The van der Waals surface area contributed by atoms with E-state index in [4.69, 9.17) is 5.26 Å². The van der Waals surface area contributed by atoms with Crippen molar-refractivity contribution in [2.24, 2.45) is 0 Å². The molecule has 1 saturated heterocycles. The van der Waals surface area contributed by atoms with E-state index in [1.165, 1.54) is 25.4 Å². The molecular weight excluding hydrogens is 541 g/mol. The van der Waals surface area contributed by atoms with Crippen LogP contribution in [-0.2, 0) is 12.7 Å². The van der Waals surface area contributed by atoms with Gasteiger partial charge >= 0.3 is 12.2 Å². The summed E-state index contributed by atoms with van der Waals surface area (Å²) in [5, 5.41) is 12.2. The molecule has 4 aromatic rings. The Morgan fingerprint density at radius 1 is 1.12 bits per heavy atom. The first-order valence-electron chi connectivity index (χ1n) is 13.7. The van der Waals surface area contributed by atoms with Gasteiger partial charge in [-0.05, 0) is 66.8 Å². The fourth-order valence-corrected chi connectivity index (χ4v) is 5.54. The second-order valence-electron chi connectivity index (χ2n) is 10.5. The minimum absolute atomic E-state index is 0.105. The van der Waals surface area contributed by atoms with Crippen molar-refractivity contribution in [2.45, 2.75) is 44.6 Å². The molecule has 1 unspecified atom stereocenters. The van der Waals surface area contributed by atoms with E-state index >= 15 is 0 Å². The molecule has 1 fully saturated rings. The maximum absolute atomic E-state index is 13.8. The number of aromatic nitrogens is 2. The summed E-state index contributed by atoms with van der Waals surface area (Å²) in [5.41, 5.74) is 2.90. The number of benzene rings is 3. The number of nitrogens with zero attached hydrogens (tertiary/aromatic N) is 4. The van der Waals surface area contributed by atoms with Gasteiger partial charge in [0, 0.05) is 37.6 Å².